The van der Waals surface area contributed by atoms with E-state index in [-0.39, 0.29) is 24.7 Å². The van der Waals surface area contributed by atoms with Crippen LogP contribution in [0, 0.1) is 11.3 Å². The summed E-state index contributed by atoms with van der Waals surface area (Å²) in [5, 5.41) is 7.30. The molecule has 1 rings (SSSR count). The number of alkyl halides is 3. The average molecular weight is 275 g/mol. The molecule has 0 aromatic rings. The maximum atomic E-state index is 7.30. The Hall–Kier alpha value is 0.300. The van der Waals surface area contributed by atoms with Gasteiger partial charge in [-0.1, -0.05) is 48.7 Å². The number of hydrogen-bond acceptors (Lipinski definition) is 3. The summed E-state index contributed by atoms with van der Waals surface area (Å²) in [6.45, 7) is 4.54. The first-order valence-electron chi connectivity index (χ1n) is 4.74. The van der Waals surface area contributed by atoms with Gasteiger partial charge in [-0.25, -0.2) is 0 Å². The van der Waals surface area contributed by atoms with Gasteiger partial charge in [0.1, 0.15) is 12.7 Å². The molecule has 0 bridgehead atoms. The van der Waals surface area contributed by atoms with Crippen molar-refractivity contribution in [2.45, 2.75) is 36.3 Å². The first kappa shape index (κ1) is 13.4. The molecule has 0 amide bonds. The molecule has 15 heavy (non-hydrogen) atoms. The fraction of sp³-hybridized carbons (Fsp3) is 0.889. The molecule has 0 unspecified atom stereocenters. The lowest BCUT2D eigenvalue weighted by Crippen LogP contribution is -2.23. The zero-order valence-electron chi connectivity index (χ0n) is 8.60. The van der Waals surface area contributed by atoms with Crippen molar-refractivity contribution in [3.8, 4) is 0 Å². The van der Waals surface area contributed by atoms with E-state index < -0.39 is 3.79 Å². The maximum Gasteiger partial charge on any atom is 0.265 e. The predicted molar refractivity (Wildman–Crippen MR) is 62.1 cm³/mol. The van der Waals surface area contributed by atoms with Crippen LogP contribution in [-0.2, 0) is 9.47 Å². The van der Waals surface area contributed by atoms with Crippen molar-refractivity contribution in [1.82, 2.24) is 0 Å². The largest absolute Gasteiger partial charge is 0.475 e. The molecule has 1 N–H and O–H groups in total. The molecule has 3 nitrogen and oxygen atoms in total. The summed E-state index contributed by atoms with van der Waals surface area (Å²) < 4.78 is 8.57. The molecule has 1 saturated heterocycles. The number of halogens is 3. The van der Waals surface area contributed by atoms with Gasteiger partial charge in [-0.05, 0) is 12.3 Å². The summed E-state index contributed by atoms with van der Waals surface area (Å²) in [5.41, 5.74) is 0. The van der Waals surface area contributed by atoms with Crippen LogP contribution in [0.3, 0.4) is 0 Å². The molecule has 0 aromatic carbocycles. The molecule has 2 atom stereocenters. The van der Waals surface area contributed by atoms with Crippen molar-refractivity contribution in [2.24, 2.45) is 5.92 Å². The standard InChI is InChI=1S/C9H14Cl3NO2/c1-5(2)3-6-7(15-6)4-14-8(13)9(10,11)12/h5-7,13H,3-4H2,1-2H3/t6-,7-/m0/s1. The number of rotatable bonds is 4. The third-order valence-electron chi connectivity index (χ3n) is 2.04. The van der Waals surface area contributed by atoms with Crippen molar-refractivity contribution in [3.63, 3.8) is 0 Å². The summed E-state index contributed by atoms with van der Waals surface area (Å²) in [7, 11) is 0. The van der Waals surface area contributed by atoms with E-state index in [0.717, 1.165) is 6.42 Å². The summed E-state index contributed by atoms with van der Waals surface area (Å²) in [6.07, 6.45) is 1.27. The number of ether oxygens (including phenoxy) is 2. The molecule has 0 aromatic heterocycles. The monoisotopic (exact) mass is 273 g/mol. The predicted octanol–water partition coefficient (Wildman–Crippen LogP) is 3.16. The molecular weight excluding hydrogens is 260 g/mol. The Morgan fingerprint density at radius 2 is 2.00 bits per heavy atom. The van der Waals surface area contributed by atoms with E-state index in [4.69, 9.17) is 49.7 Å². The number of epoxide rings is 1. The topological polar surface area (TPSA) is 45.6 Å². The lowest BCUT2D eigenvalue weighted by molar-refractivity contribution is 0.244. The third kappa shape index (κ3) is 4.77. The SMILES string of the molecule is CC(C)C[C@@H]1O[C@H]1COC(=N)C(Cl)(Cl)Cl. The molecule has 1 aliphatic heterocycles. The van der Waals surface area contributed by atoms with Gasteiger partial charge in [-0.15, -0.1) is 0 Å². The normalized spacial score (nSPS) is 25.5. The lowest BCUT2D eigenvalue weighted by atomic mass is 10.1. The van der Waals surface area contributed by atoms with Gasteiger partial charge in [-0.2, -0.15) is 0 Å². The Labute approximate surface area is 104 Å². The van der Waals surface area contributed by atoms with Gasteiger partial charge in [0.25, 0.3) is 3.79 Å². The van der Waals surface area contributed by atoms with Crippen molar-refractivity contribution in [1.29, 1.82) is 5.41 Å². The highest BCUT2D eigenvalue weighted by atomic mass is 35.6. The van der Waals surface area contributed by atoms with Crippen LogP contribution >= 0.6 is 34.8 Å². The van der Waals surface area contributed by atoms with Crippen LogP contribution in [-0.4, -0.2) is 28.5 Å². The summed E-state index contributed by atoms with van der Waals surface area (Å²) >= 11 is 16.3. The van der Waals surface area contributed by atoms with Gasteiger partial charge in [-0.3, -0.25) is 5.41 Å². The van der Waals surface area contributed by atoms with Crippen LogP contribution < -0.4 is 0 Å². The molecule has 88 valence electrons. The number of nitrogens with one attached hydrogen (secondary N) is 1. The second-order valence-corrected chi connectivity index (χ2v) is 6.26. The second kappa shape index (κ2) is 5.09. The Balaban J connectivity index is 2.16. The molecule has 0 saturated carbocycles. The molecule has 1 heterocycles. The Morgan fingerprint density at radius 3 is 2.47 bits per heavy atom. The van der Waals surface area contributed by atoms with E-state index in [0.29, 0.717) is 5.92 Å². The Bertz CT molecular complexity index is 240. The van der Waals surface area contributed by atoms with Crippen molar-refractivity contribution >= 4 is 40.7 Å². The third-order valence-corrected chi connectivity index (χ3v) is 2.56. The van der Waals surface area contributed by atoms with Crippen LogP contribution in [0.4, 0.5) is 0 Å². The van der Waals surface area contributed by atoms with Gasteiger partial charge in [0.05, 0.1) is 6.10 Å². The average Bonchev–Trinajstić information content (AvgIpc) is 2.76. The van der Waals surface area contributed by atoms with Crippen molar-refractivity contribution in [3.05, 3.63) is 0 Å². The van der Waals surface area contributed by atoms with E-state index in [1.807, 2.05) is 0 Å². The Kier molecular flexibility index (Phi) is 4.53. The highest BCUT2D eigenvalue weighted by Gasteiger charge is 2.40. The van der Waals surface area contributed by atoms with E-state index >= 15 is 0 Å². The van der Waals surface area contributed by atoms with Crippen LogP contribution in [0.15, 0.2) is 0 Å². The van der Waals surface area contributed by atoms with Crippen LogP contribution in [0.2, 0.25) is 0 Å². The quantitative estimate of drug-likeness (QED) is 0.370. The summed E-state index contributed by atoms with van der Waals surface area (Å²) in [6, 6.07) is 0. The van der Waals surface area contributed by atoms with Crippen molar-refractivity contribution in [2.75, 3.05) is 6.61 Å². The van der Waals surface area contributed by atoms with E-state index in [1.54, 1.807) is 0 Å². The molecule has 0 radical (unpaired) electrons. The first-order valence-corrected chi connectivity index (χ1v) is 5.88. The summed E-state index contributed by atoms with van der Waals surface area (Å²) in [5.74, 6) is 0.235. The second-order valence-electron chi connectivity index (χ2n) is 3.98. The maximum absolute atomic E-state index is 7.30. The van der Waals surface area contributed by atoms with E-state index in [9.17, 15) is 0 Å². The molecule has 1 fully saturated rings. The molecular formula is C9H14Cl3NO2. The van der Waals surface area contributed by atoms with Gasteiger partial charge < -0.3 is 9.47 Å². The van der Waals surface area contributed by atoms with Crippen LogP contribution in [0.25, 0.3) is 0 Å². The molecule has 0 aliphatic carbocycles. The number of hydrogen-bond donors (Lipinski definition) is 1. The zero-order valence-corrected chi connectivity index (χ0v) is 10.9. The molecule has 0 spiro atoms. The van der Waals surface area contributed by atoms with E-state index in [2.05, 4.69) is 13.8 Å². The highest BCUT2D eigenvalue weighted by molar-refractivity contribution is 6.76. The van der Waals surface area contributed by atoms with E-state index in [1.165, 1.54) is 0 Å². The van der Waals surface area contributed by atoms with Gasteiger partial charge in [0, 0.05) is 0 Å². The van der Waals surface area contributed by atoms with Crippen LogP contribution in [0.5, 0.6) is 0 Å². The van der Waals surface area contributed by atoms with Crippen LogP contribution in [0.1, 0.15) is 20.3 Å². The van der Waals surface area contributed by atoms with Crippen molar-refractivity contribution < 1.29 is 9.47 Å². The minimum absolute atomic E-state index is 0.0418. The highest BCUT2D eigenvalue weighted by Crippen LogP contribution is 2.31. The minimum Gasteiger partial charge on any atom is -0.475 e. The minimum atomic E-state index is -1.78. The smallest absolute Gasteiger partial charge is 0.265 e. The first-order chi connectivity index (χ1) is 6.80. The molecule has 1 aliphatic rings. The van der Waals surface area contributed by atoms with Gasteiger partial charge in [0.2, 0.25) is 5.90 Å². The van der Waals surface area contributed by atoms with Gasteiger partial charge in [0.15, 0.2) is 0 Å². The summed E-state index contributed by atoms with van der Waals surface area (Å²) in [4.78, 5) is 0. The fourth-order valence-corrected chi connectivity index (χ4v) is 1.41. The molecule has 6 heteroatoms. The zero-order chi connectivity index (χ0) is 11.6. The Morgan fingerprint density at radius 1 is 1.40 bits per heavy atom. The lowest BCUT2D eigenvalue weighted by Gasteiger charge is -2.12. The van der Waals surface area contributed by atoms with Gasteiger partial charge >= 0.3 is 0 Å². The fourth-order valence-electron chi connectivity index (χ4n) is 1.25.